The van der Waals surface area contributed by atoms with Crippen molar-refractivity contribution < 1.29 is 4.79 Å². The summed E-state index contributed by atoms with van der Waals surface area (Å²) in [4.78, 5) is 15.4. The molecule has 1 aromatic carbocycles. The largest absolute Gasteiger partial charge is 0.371 e. The number of benzene rings is 1. The molecule has 2 aliphatic heterocycles. The number of likely N-dealkylation sites (tertiary alicyclic amines) is 1. The minimum absolute atomic E-state index is 0.272. The maximum atomic E-state index is 13.4. The summed E-state index contributed by atoms with van der Waals surface area (Å²) in [6.45, 7) is 5.79. The topological polar surface area (TPSA) is 44.4 Å². The molecule has 1 amide bonds. The van der Waals surface area contributed by atoms with E-state index in [0.29, 0.717) is 5.02 Å². The van der Waals surface area contributed by atoms with Gasteiger partial charge < -0.3 is 15.5 Å². The van der Waals surface area contributed by atoms with Crippen molar-refractivity contribution in [2.75, 3.05) is 31.5 Å². The molecule has 0 radical (unpaired) electrons. The summed E-state index contributed by atoms with van der Waals surface area (Å²) in [6.07, 6.45) is 5.14. The summed E-state index contributed by atoms with van der Waals surface area (Å²) >= 11 is 5.99. The van der Waals surface area contributed by atoms with Gasteiger partial charge in [-0.25, -0.2) is 0 Å². The summed E-state index contributed by atoms with van der Waals surface area (Å²) in [5.74, 6) is 1.05. The Balaban J connectivity index is 1.75. The van der Waals surface area contributed by atoms with Crippen LogP contribution in [0.2, 0.25) is 5.02 Å². The first-order chi connectivity index (χ1) is 11.6. The molecule has 0 aliphatic carbocycles. The molecule has 2 N–H and O–H groups in total. The van der Waals surface area contributed by atoms with Crippen molar-refractivity contribution >= 4 is 23.2 Å². The second kappa shape index (κ2) is 7.75. The Labute approximate surface area is 149 Å². The predicted octanol–water partition coefficient (Wildman–Crippen LogP) is 3.52. The lowest BCUT2D eigenvalue weighted by atomic mass is 9.84. The monoisotopic (exact) mass is 349 g/mol. The summed E-state index contributed by atoms with van der Waals surface area (Å²) in [5.41, 5.74) is 0.482. The lowest BCUT2D eigenvalue weighted by molar-refractivity contribution is -0.138. The fourth-order valence-corrected chi connectivity index (χ4v) is 4.03. The van der Waals surface area contributed by atoms with Crippen molar-refractivity contribution in [3.05, 3.63) is 29.3 Å². The molecule has 132 valence electrons. The fourth-order valence-electron chi connectivity index (χ4n) is 3.90. The quantitative estimate of drug-likeness (QED) is 0.874. The fraction of sp³-hybridized carbons (Fsp3) is 0.632. The Morgan fingerprint density at radius 2 is 1.88 bits per heavy atom. The van der Waals surface area contributed by atoms with E-state index >= 15 is 0 Å². The first kappa shape index (κ1) is 17.6. The van der Waals surface area contributed by atoms with E-state index in [9.17, 15) is 4.79 Å². The third-order valence-electron chi connectivity index (χ3n) is 5.57. The molecule has 1 aromatic rings. The van der Waals surface area contributed by atoms with E-state index < -0.39 is 5.54 Å². The van der Waals surface area contributed by atoms with Gasteiger partial charge in [0.2, 0.25) is 5.91 Å². The number of hydrogen-bond donors (Lipinski definition) is 2. The molecule has 0 saturated carbocycles. The van der Waals surface area contributed by atoms with E-state index in [0.717, 1.165) is 63.5 Å². The van der Waals surface area contributed by atoms with Gasteiger partial charge in [0.15, 0.2) is 0 Å². The zero-order valence-corrected chi connectivity index (χ0v) is 15.2. The van der Waals surface area contributed by atoms with Crippen LogP contribution in [0.3, 0.4) is 0 Å². The number of halogens is 1. The molecule has 3 rings (SSSR count). The maximum absolute atomic E-state index is 13.4. The van der Waals surface area contributed by atoms with E-state index in [1.165, 1.54) is 6.42 Å². The molecule has 2 saturated heterocycles. The third-order valence-corrected chi connectivity index (χ3v) is 5.83. The van der Waals surface area contributed by atoms with Crippen LogP contribution >= 0.6 is 11.6 Å². The molecular formula is C19H28ClN3O. The van der Waals surface area contributed by atoms with Gasteiger partial charge in [-0.05, 0) is 69.0 Å². The van der Waals surface area contributed by atoms with Gasteiger partial charge in [0.25, 0.3) is 0 Å². The highest BCUT2D eigenvalue weighted by Crippen LogP contribution is 2.30. The second-order valence-electron chi connectivity index (χ2n) is 7.11. The Morgan fingerprint density at radius 1 is 1.25 bits per heavy atom. The third kappa shape index (κ3) is 3.86. The van der Waals surface area contributed by atoms with Gasteiger partial charge in [-0.3, -0.25) is 4.79 Å². The van der Waals surface area contributed by atoms with Crippen LogP contribution < -0.4 is 10.6 Å². The normalized spacial score (nSPS) is 21.5. The molecule has 0 aromatic heterocycles. The van der Waals surface area contributed by atoms with Gasteiger partial charge in [0, 0.05) is 23.8 Å². The van der Waals surface area contributed by atoms with Crippen molar-refractivity contribution in [2.24, 2.45) is 5.92 Å². The van der Waals surface area contributed by atoms with Crippen LogP contribution in [0, 0.1) is 5.92 Å². The van der Waals surface area contributed by atoms with Crippen molar-refractivity contribution in [1.82, 2.24) is 10.2 Å². The summed E-state index contributed by atoms with van der Waals surface area (Å²) in [5, 5.41) is 7.65. The van der Waals surface area contributed by atoms with Crippen LogP contribution in [0.15, 0.2) is 24.3 Å². The van der Waals surface area contributed by atoms with Gasteiger partial charge in [0.05, 0.1) is 0 Å². The van der Waals surface area contributed by atoms with Crippen molar-refractivity contribution in [3.63, 3.8) is 0 Å². The highest BCUT2D eigenvalue weighted by Gasteiger charge is 2.42. The predicted molar refractivity (Wildman–Crippen MR) is 99.5 cm³/mol. The zero-order chi connectivity index (χ0) is 17.0. The minimum atomic E-state index is -0.488. The van der Waals surface area contributed by atoms with Crippen LogP contribution in [0.4, 0.5) is 5.69 Å². The van der Waals surface area contributed by atoms with Crippen LogP contribution in [0.1, 0.15) is 39.0 Å². The number of anilines is 1. The average Bonchev–Trinajstić information content (AvgIpc) is 2.64. The van der Waals surface area contributed by atoms with E-state index in [-0.39, 0.29) is 5.91 Å². The molecule has 2 heterocycles. The number of carbonyl (C=O) groups is 1. The molecule has 2 fully saturated rings. The molecule has 4 nitrogen and oxygen atoms in total. The Morgan fingerprint density at radius 3 is 2.46 bits per heavy atom. The van der Waals surface area contributed by atoms with Crippen LogP contribution in [0.5, 0.6) is 0 Å². The second-order valence-corrected chi connectivity index (χ2v) is 7.54. The molecule has 0 atom stereocenters. The molecule has 0 unspecified atom stereocenters. The minimum Gasteiger partial charge on any atom is -0.371 e. The van der Waals surface area contributed by atoms with Crippen LogP contribution in [-0.4, -0.2) is 42.5 Å². The Hall–Kier alpha value is -1.26. The van der Waals surface area contributed by atoms with Crippen molar-refractivity contribution in [2.45, 2.75) is 44.6 Å². The zero-order valence-electron chi connectivity index (χ0n) is 14.5. The average molecular weight is 350 g/mol. The first-order valence-electron chi connectivity index (χ1n) is 9.17. The number of nitrogens with one attached hydrogen (secondary N) is 2. The Bertz CT molecular complexity index is 546. The van der Waals surface area contributed by atoms with Gasteiger partial charge in [-0.2, -0.15) is 0 Å². The summed E-state index contributed by atoms with van der Waals surface area (Å²) < 4.78 is 0. The molecule has 5 heteroatoms. The van der Waals surface area contributed by atoms with Gasteiger partial charge >= 0.3 is 0 Å². The van der Waals surface area contributed by atoms with E-state index in [1.54, 1.807) is 0 Å². The highest BCUT2D eigenvalue weighted by molar-refractivity contribution is 6.30. The molecule has 24 heavy (non-hydrogen) atoms. The van der Waals surface area contributed by atoms with Gasteiger partial charge in [-0.15, -0.1) is 0 Å². The molecule has 2 aliphatic rings. The lowest BCUT2D eigenvalue weighted by Gasteiger charge is -2.43. The summed E-state index contributed by atoms with van der Waals surface area (Å²) in [6, 6.07) is 7.66. The number of piperidine rings is 2. The van der Waals surface area contributed by atoms with Crippen LogP contribution in [0.25, 0.3) is 0 Å². The lowest BCUT2D eigenvalue weighted by Crippen LogP contribution is -2.59. The van der Waals surface area contributed by atoms with Crippen LogP contribution in [-0.2, 0) is 4.79 Å². The number of rotatable bonds is 4. The van der Waals surface area contributed by atoms with Gasteiger partial charge in [0.1, 0.15) is 5.54 Å². The van der Waals surface area contributed by atoms with E-state index in [4.69, 9.17) is 11.6 Å². The number of amides is 1. The number of hydrogen-bond acceptors (Lipinski definition) is 3. The maximum Gasteiger partial charge on any atom is 0.248 e. The SMILES string of the molecule is CCC1CCN(C(=O)C2(Nc3ccc(Cl)cc3)CCNCC2)CC1. The Kier molecular flexibility index (Phi) is 5.67. The highest BCUT2D eigenvalue weighted by atomic mass is 35.5. The smallest absolute Gasteiger partial charge is 0.248 e. The molecular weight excluding hydrogens is 322 g/mol. The standard InChI is InChI=1S/C19H28ClN3O/c1-2-15-7-13-23(14-8-15)18(24)19(9-11-21-12-10-19)22-17-5-3-16(20)4-6-17/h3-6,15,21-22H,2,7-14H2,1H3. The number of carbonyl (C=O) groups excluding carboxylic acids is 1. The van der Waals surface area contributed by atoms with E-state index in [1.807, 2.05) is 24.3 Å². The summed E-state index contributed by atoms with van der Waals surface area (Å²) in [7, 11) is 0. The van der Waals surface area contributed by atoms with Crippen molar-refractivity contribution in [1.29, 1.82) is 0 Å². The van der Waals surface area contributed by atoms with Crippen molar-refractivity contribution in [3.8, 4) is 0 Å². The molecule has 0 bridgehead atoms. The van der Waals surface area contributed by atoms with Gasteiger partial charge in [-0.1, -0.05) is 24.9 Å². The van der Waals surface area contributed by atoms with E-state index in [2.05, 4.69) is 22.5 Å². The first-order valence-corrected chi connectivity index (χ1v) is 9.54. The molecule has 0 spiro atoms. The number of nitrogens with zero attached hydrogens (tertiary/aromatic N) is 1.